The molecule has 32 heavy (non-hydrogen) atoms. The van der Waals surface area contributed by atoms with Crippen LogP contribution in [0.15, 0.2) is 84.6 Å². The number of carbonyl (C=O) groups is 2. The molecule has 1 heterocycles. The summed E-state index contributed by atoms with van der Waals surface area (Å²) in [7, 11) is 0. The largest absolute Gasteiger partial charge is 0.490 e. The molecule has 0 spiro atoms. The quantitative estimate of drug-likeness (QED) is 0.415. The highest BCUT2D eigenvalue weighted by molar-refractivity contribution is 6.13. The zero-order valence-electron chi connectivity index (χ0n) is 17.8. The number of carbonyl (C=O) groups excluding carboxylic acids is 2. The van der Waals surface area contributed by atoms with Gasteiger partial charge >= 0.3 is 6.03 Å². The Morgan fingerprint density at radius 1 is 0.844 bits per heavy atom. The Morgan fingerprint density at radius 2 is 1.53 bits per heavy atom. The Balaban J connectivity index is 1.51. The molecule has 3 aromatic rings. The molecule has 0 bridgehead atoms. The van der Waals surface area contributed by atoms with E-state index in [0.717, 1.165) is 16.7 Å². The fraction of sp³-hybridized carbons (Fsp3) is 0.154. The van der Waals surface area contributed by atoms with E-state index >= 15 is 0 Å². The maximum Gasteiger partial charge on any atom is 0.329 e. The lowest BCUT2D eigenvalue weighted by Gasteiger charge is -2.13. The Morgan fingerprint density at radius 3 is 2.22 bits per heavy atom. The first kappa shape index (κ1) is 21.2. The van der Waals surface area contributed by atoms with Gasteiger partial charge in [0.2, 0.25) is 0 Å². The van der Waals surface area contributed by atoms with Crippen LogP contribution >= 0.6 is 0 Å². The molecule has 1 fully saturated rings. The number of hydrogen-bond donors (Lipinski definition) is 1. The third-order valence-electron chi connectivity index (χ3n) is 4.96. The number of nitrogens with zero attached hydrogens (tertiary/aromatic N) is 1. The van der Waals surface area contributed by atoms with Gasteiger partial charge in [-0.15, -0.1) is 0 Å². The number of urea groups is 1. The van der Waals surface area contributed by atoms with Gasteiger partial charge in [-0.05, 0) is 41.8 Å². The van der Waals surface area contributed by atoms with Crippen molar-refractivity contribution in [3.8, 4) is 11.5 Å². The molecule has 1 aliphatic rings. The van der Waals surface area contributed by atoms with Gasteiger partial charge < -0.3 is 14.8 Å². The highest BCUT2D eigenvalue weighted by Gasteiger charge is 2.33. The van der Waals surface area contributed by atoms with Crippen molar-refractivity contribution in [1.82, 2.24) is 10.2 Å². The predicted molar refractivity (Wildman–Crippen MR) is 122 cm³/mol. The summed E-state index contributed by atoms with van der Waals surface area (Å²) in [5.74, 6) is 0.835. The van der Waals surface area contributed by atoms with Gasteiger partial charge in [-0.1, -0.05) is 66.7 Å². The van der Waals surface area contributed by atoms with Crippen LogP contribution in [0.3, 0.4) is 0 Å². The molecule has 1 N–H and O–H groups in total. The van der Waals surface area contributed by atoms with Gasteiger partial charge in [0.05, 0.1) is 13.2 Å². The van der Waals surface area contributed by atoms with Gasteiger partial charge in [-0.2, -0.15) is 0 Å². The number of amides is 3. The predicted octanol–water partition coefficient (Wildman–Crippen LogP) is 4.76. The number of imide groups is 1. The second-order valence-electron chi connectivity index (χ2n) is 7.28. The van der Waals surface area contributed by atoms with Crippen LogP contribution in [0, 0.1) is 0 Å². The first-order chi connectivity index (χ1) is 15.6. The molecule has 0 atom stereocenters. The van der Waals surface area contributed by atoms with E-state index in [2.05, 4.69) is 5.32 Å². The molecule has 6 nitrogen and oxygen atoms in total. The van der Waals surface area contributed by atoms with Crippen LogP contribution in [0.25, 0.3) is 6.08 Å². The van der Waals surface area contributed by atoms with E-state index in [1.54, 1.807) is 12.1 Å². The summed E-state index contributed by atoms with van der Waals surface area (Å²) in [5.41, 5.74) is 2.90. The van der Waals surface area contributed by atoms with Crippen molar-refractivity contribution in [1.29, 1.82) is 0 Å². The maximum atomic E-state index is 12.8. The number of ether oxygens (including phenoxy) is 2. The molecule has 1 aliphatic heterocycles. The van der Waals surface area contributed by atoms with Crippen molar-refractivity contribution in [2.24, 2.45) is 0 Å². The lowest BCUT2D eigenvalue weighted by Crippen LogP contribution is -2.30. The molecule has 1 saturated heterocycles. The fourth-order valence-corrected chi connectivity index (χ4v) is 3.39. The average molecular weight is 428 g/mol. The third kappa shape index (κ3) is 4.98. The van der Waals surface area contributed by atoms with Gasteiger partial charge in [0.1, 0.15) is 12.3 Å². The number of nitrogens with one attached hydrogen (secondary N) is 1. The smallest absolute Gasteiger partial charge is 0.329 e. The molecular weight excluding hydrogens is 404 g/mol. The van der Waals surface area contributed by atoms with Gasteiger partial charge in [0.15, 0.2) is 11.5 Å². The van der Waals surface area contributed by atoms with Crippen molar-refractivity contribution >= 4 is 18.0 Å². The summed E-state index contributed by atoms with van der Waals surface area (Å²) in [6.07, 6.45) is 1.65. The molecule has 0 aliphatic carbocycles. The van der Waals surface area contributed by atoms with Crippen LogP contribution in [0.2, 0.25) is 0 Å². The summed E-state index contributed by atoms with van der Waals surface area (Å²) in [5, 5.41) is 2.66. The van der Waals surface area contributed by atoms with Crippen LogP contribution in [0.5, 0.6) is 11.5 Å². The minimum absolute atomic E-state index is 0.222. The zero-order valence-corrected chi connectivity index (χ0v) is 17.8. The molecule has 162 valence electrons. The van der Waals surface area contributed by atoms with Crippen LogP contribution in [-0.2, 0) is 17.9 Å². The number of benzene rings is 3. The van der Waals surface area contributed by atoms with Crippen molar-refractivity contribution in [3.63, 3.8) is 0 Å². The first-order valence-corrected chi connectivity index (χ1v) is 10.5. The van der Waals surface area contributed by atoms with E-state index in [1.165, 1.54) is 4.90 Å². The van der Waals surface area contributed by atoms with Gasteiger partial charge in [0, 0.05) is 0 Å². The summed E-state index contributed by atoms with van der Waals surface area (Å²) in [6, 6.07) is 24.3. The Labute approximate surface area is 187 Å². The standard InChI is InChI=1S/C26H24N2O4/c1-2-31-24-16-21(13-14-23(24)32-18-20-11-7-4-8-12-20)15-22-25(29)28(26(30)27-22)17-19-9-5-3-6-10-19/h3-16H,2,17-18H2,1H3,(H,27,30)/b22-15+. The normalized spacial score (nSPS) is 14.5. The Hall–Kier alpha value is -4.06. The molecule has 6 heteroatoms. The second-order valence-corrected chi connectivity index (χ2v) is 7.28. The van der Waals surface area contributed by atoms with Crippen molar-refractivity contribution in [2.75, 3.05) is 6.61 Å². The van der Waals surface area contributed by atoms with Crippen molar-refractivity contribution in [2.45, 2.75) is 20.1 Å². The van der Waals surface area contributed by atoms with Crippen molar-refractivity contribution in [3.05, 3.63) is 101 Å². The van der Waals surface area contributed by atoms with Gasteiger partial charge in [0.25, 0.3) is 5.91 Å². The second kappa shape index (κ2) is 9.83. The minimum Gasteiger partial charge on any atom is -0.490 e. The van der Waals surface area contributed by atoms with Crippen LogP contribution in [-0.4, -0.2) is 23.4 Å². The minimum atomic E-state index is -0.432. The number of hydrogen-bond acceptors (Lipinski definition) is 4. The Kier molecular flexibility index (Phi) is 6.51. The van der Waals surface area contributed by atoms with Crippen LogP contribution in [0.1, 0.15) is 23.6 Å². The van der Waals surface area contributed by atoms with E-state index in [0.29, 0.717) is 24.7 Å². The van der Waals surface area contributed by atoms with E-state index in [1.807, 2.05) is 79.7 Å². The lowest BCUT2D eigenvalue weighted by molar-refractivity contribution is -0.123. The maximum absolute atomic E-state index is 12.8. The van der Waals surface area contributed by atoms with Crippen LogP contribution < -0.4 is 14.8 Å². The highest BCUT2D eigenvalue weighted by atomic mass is 16.5. The molecule has 0 aromatic heterocycles. The molecule has 3 aromatic carbocycles. The van der Waals surface area contributed by atoms with E-state index in [9.17, 15) is 9.59 Å². The molecule has 0 saturated carbocycles. The molecule has 3 amide bonds. The van der Waals surface area contributed by atoms with E-state index in [4.69, 9.17) is 9.47 Å². The molecule has 4 rings (SSSR count). The molecule has 0 unspecified atom stereocenters. The lowest BCUT2D eigenvalue weighted by atomic mass is 10.1. The zero-order chi connectivity index (χ0) is 22.3. The Bertz CT molecular complexity index is 1130. The monoisotopic (exact) mass is 428 g/mol. The topological polar surface area (TPSA) is 67.9 Å². The van der Waals surface area contributed by atoms with E-state index in [-0.39, 0.29) is 18.1 Å². The number of rotatable bonds is 8. The molecule has 0 radical (unpaired) electrons. The molecular formula is C26H24N2O4. The SMILES string of the molecule is CCOc1cc(/C=C2/NC(=O)N(Cc3ccccc3)C2=O)ccc1OCc1ccccc1. The third-order valence-corrected chi connectivity index (χ3v) is 4.96. The average Bonchev–Trinajstić information content (AvgIpc) is 3.07. The van der Waals surface area contributed by atoms with E-state index < -0.39 is 6.03 Å². The highest BCUT2D eigenvalue weighted by Crippen LogP contribution is 2.30. The van der Waals surface area contributed by atoms with Gasteiger partial charge in [-0.25, -0.2) is 4.79 Å². The first-order valence-electron chi connectivity index (χ1n) is 10.5. The van der Waals surface area contributed by atoms with Crippen molar-refractivity contribution < 1.29 is 19.1 Å². The summed E-state index contributed by atoms with van der Waals surface area (Å²) >= 11 is 0. The summed E-state index contributed by atoms with van der Waals surface area (Å²) in [6.45, 7) is 3.01. The summed E-state index contributed by atoms with van der Waals surface area (Å²) < 4.78 is 11.7. The fourth-order valence-electron chi connectivity index (χ4n) is 3.39. The van der Waals surface area contributed by atoms with Gasteiger partial charge in [-0.3, -0.25) is 9.69 Å². The summed E-state index contributed by atoms with van der Waals surface area (Å²) in [4.78, 5) is 26.3. The van der Waals surface area contributed by atoms with Crippen LogP contribution in [0.4, 0.5) is 4.79 Å².